The Labute approximate surface area is 219 Å². The van der Waals surface area contributed by atoms with E-state index >= 15 is 0 Å². The summed E-state index contributed by atoms with van der Waals surface area (Å²) in [5.41, 5.74) is 6.52. The van der Waals surface area contributed by atoms with Crippen LogP contribution in [0.25, 0.3) is 0 Å². The number of morpholine rings is 1. The molecule has 1 spiro atoms. The largest absolute Gasteiger partial charge is 0.372 e. The Morgan fingerprint density at radius 3 is 2.57 bits per heavy atom. The molecular weight excluding hydrogens is 466 g/mol. The van der Waals surface area contributed by atoms with Gasteiger partial charge in [0, 0.05) is 49.7 Å². The maximum atomic E-state index is 13.7. The van der Waals surface area contributed by atoms with Gasteiger partial charge in [-0.3, -0.25) is 14.3 Å². The molecule has 2 aliphatic heterocycles. The summed E-state index contributed by atoms with van der Waals surface area (Å²) in [5, 5.41) is 4.77. The van der Waals surface area contributed by atoms with Crippen molar-refractivity contribution >= 4 is 17.5 Å². The molecule has 198 valence electrons. The summed E-state index contributed by atoms with van der Waals surface area (Å²) in [5.74, 6) is 0.107. The number of fused-ring (bicyclic) bond motifs is 1. The summed E-state index contributed by atoms with van der Waals surface area (Å²) in [6.07, 6.45) is 4.88. The molecule has 3 heterocycles. The van der Waals surface area contributed by atoms with Crippen LogP contribution in [0.3, 0.4) is 0 Å². The fourth-order valence-electron chi connectivity index (χ4n) is 6.74. The lowest BCUT2D eigenvalue weighted by Gasteiger charge is -2.44. The van der Waals surface area contributed by atoms with Crippen LogP contribution >= 0.6 is 0 Å². The first-order valence-corrected chi connectivity index (χ1v) is 13.9. The van der Waals surface area contributed by atoms with Crippen LogP contribution in [0.1, 0.15) is 66.0 Å². The van der Waals surface area contributed by atoms with Gasteiger partial charge in [-0.15, -0.1) is 0 Å². The van der Waals surface area contributed by atoms with Gasteiger partial charge >= 0.3 is 0 Å². The summed E-state index contributed by atoms with van der Waals surface area (Å²) in [6, 6.07) is 6.49. The van der Waals surface area contributed by atoms with Crippen molar-refractivity contribution in [1.29, 1.82) is 0 Å². The van der Waals surface area contributed by atoms with Gasteiger partial charge < -0.3 is 19.4 Å². The monoisotopic (exact) mass is 505 g/mol. The molecule has 37 heavy (non-hydrogen) atoms. The van der Waals surface area contributed by atoms with Crippen molar-refractivity contribution in [2.45, 2.75) is 84.1 Å². The number of hydrogen-bond donors (Lipinski definition) is 0. The number of aryl methyl sites for hydroxylation is 1. The van der Waals surface area contributed by atoms with Crippen LogP contribution in [0.15, 0.2) is 18.2 Å². The molecule has 0 bridgehead atoms. The molecule has 2 aliphatic carbocycles. The third-order valence-corrected chi connectivity index (χ3v) is 8.90. The number of rotatable bonds is 4. The van der Waals surface area contributed by atoms with Gasteiger partial charge in [0.2, 0.25) is 5.91 Å². The van der Waals surface area contributed by atoms with Crippen molar-refractivity contribution in [2.24, 2.45) is 0 Å². The van der Waals surface area contributed by atoms with Crippen LogP contribution in [0, 0.1) is 13.8 Å². The molecule has 2 aromatic rings. The third kappa shape index (κ3) is 4.33. The van der Waals surface area contributed by atoms with E-state index in [1.807, 2.05) is 23.4 Å². The van der Waals surface area contributed by atoms with Gasteiger partial charge in [-0.05, 0) is 77.0 Å². The molecule has 1 aromatic carbocycles. The molecule has 8 heteroatoms. The molecule has 1 saturated carbocycles. The fourth-order valence-corrected chi connectivity index (χ4v) is 6.74. The molecule has 0 N–H and O–H groups in total. The van der Waals surface area contributed by atoms with Gasteiger partial charge in [-0.1, -0.05) is 12.1 Å². The molecular formula is C29H39N5O3. The Kier molecular flexibility index (Phi) is 6.05. The van der Waals surface area contributed by atoms with Crippen molar-refractivity contribution in [1.82, 2.24) is 19.6 Å². The lowest BCUT2D eigenvalue weighted by molar-refractivity contribution is -0.135. The molecule has 1 aromatic heterocycles. The second-order valence-corrected chi connectivity index (χ2v) is 11.7. The second-order valence-electron chi connectivity index (χ2n) is 11.7. The molecule has 2 saturated heterocycles. The number of carbonyl (C=O) groups excluding carboxylic acids is 2. The van der Waals surface area contributed by atoms with Crippen LogP contribution in [0.4, 0.5) is 5.69 Å². The summed E-state index contributed by atoms with van der Waals surface area (Å²) < 4.78 is 7.67. The van der Waals surface area contributed by atoms with E-state index in [2.05, 4.69) is 41.8 Å². The van der Waals surface area contributed by atoms with Gasteiger partial charge in [-0.25, -0.2) is 0 Å². The fraction of sp³-hybridized carbons (Fsp3) is 0.621. The predicted molar refractivity (Wildman–Crippen MR) is 142 cm³/mol. The van der Waals surface area contributed by atoms with E-state index in [-0.39, 0.29) is 36.1 Å². The number of aromatic nitrogens is 2. The highest BCUT2D eigenvalue weighted by molar-refractivity contribution is 5.94. The lowest BCUT2D eigenvalue weighted by Crippen LogP contribution is -2.58. The lowest BCUT2D eigenvalue weighted by atomic mass is 10.0. The zero-order valence-electron chi connectivity index (χ0n) is 22.6. The van der Waals surface area contributed by atoms with Gasteiger partial charge in [0.1, 0.15) is 6.54 Å². The number of ether oxygens (including phenoxy) is 1. The number of benzene rings is 1. The zero-order chi connectivity index (χ0) is 25.9. The van der Waals surface area contributed by atoms with Crippen molar-refractivity contribution < 1.29 is 14.3 Å². The first kappa shape index (κ1) is 24.5. The predicted octanol–water partition coefficient (Wildman–Crippen LogP) is 3.12. The average Bonchev–Trinajstić information content (AvgIpc) is 3.30. The van der Waals surface area contributed by atoms with Gasteiger partial charge in [0.15, 0.2) is 5.69 Å². The minimum atomic E-state index is -0.0689. The number of piperazine rings is 1. The first-order valence-electron chi connectivity index (χ1n) is 13.9. The smallest absolute Gasteiger partial charge is 0.274 e. The molecule has 3 fully saturated rings. The van der Waals surface area contributed by atoms with Crippen LogP contribution < -0.4 is 4.90 Å². The van der Waals surface area contributed by atoms with E-state index in [4.69, 9.17) is 9.84 Å². The first-order chi connectivity index (χ1) is 17.8. The Morgan fingerprint density at radius 1 is 1.08 bits per heavy atom. The van der Waals surface area contributed by atoms with Crippen LogP contribution in [-0.4, -0.2) is 81.9 Å². The van der Waals surface area contributed by atoms with E-state index in [1.54, 1.807) is 0 Å². The number of carbonyl (C=O) groups is 2. The highest BCUT2D eigenvalue weighted by Crippen LogP contribution is 2.45. The quantitative estimate of drug-likeness (QED) is 0.639. The van der Waals surface area contributed by atoms with Crippen molar-refractivity contribution in [2.75, 3.05) is 37.6 Å². The zero-order valence-corrected chi connectivity index (χ0v) is 22.6. The summed E-state index contributed by atoms with van der Waals surface area (Å²) in [4.78, 5) is 33.6. The minimum Gasteiger partial charge on any atom is -0.372 e. The van der Waals surface area contributed by atoms with Crippen molar-refractivity contribution in [3.05, 3.63) is 46.3 Å². The van der Waals surface area contributed by atoms with Gasteiger partial charge in [-0.2, -0.15) is 5.10 Å². The number of nitrogens with zero attached hydrogens (tertiary/aromatic N) is 5. The van der Waals surface area contributed by atoms with Crippen molar-refractivity contribution in [3.8, 4) is 0 Å². The molecule has 4 aliphatic rings. The molecule has 8 nitrogen and oxygen atoms in total. The van der Waals surface area contributed by atoms with Crippen LogP contribution in [-0.2, 0) is 28.9 Å². The molecule has 2 amide bonds. The Bertz CT molecular complexity index is 1220. The normalized spacial score (nSPS) is 24.5. The summed E-state index contributed by atoms with van der Waals surface area (Å²) in [7, 11) is 0. The molecule has 0 radical (unpaired) electrons. The molecule has 6 rings (SSSR count). The maximum Gasteiger partial charge on any atom is 0.274 e. The van der Waals surface area contributed by atoms with E-state index in [0.29, 0.717) is 18.8 Å². The standard InChI is InChI=1S/C29H39N5O3/c1-19-7-5-9-24(22(19)4)31-13-14-33(29(18-31)11-12-29)26(35)17-34-25-10-6-8-23(25)27(30-34)28(36)32-15-20(2)37-21(3)16-32/h5,7,9,20-21H,6,8,10-18H2,1-4H3/t20-,21?/m0/s1. The second kappa shape index (κ2) is 9.15. The van der Waals surface area contributed by atoms with Gasteiger partial charge in [0.25, 0.3) is 5.91 Å². The maximum absolute atomic E-state index is 13.7. The van der Waals surface area contributed by atoms with Crippen LogP contribution in [0.5, 0.6) is 0 Å². The van der Waals surface area contributed by atoms with E-state index < -0.39 is 0 Å². The SMILES string of the molecule is Cc1cccc(N2CCN(C(=O)Cn3nc(C(=O)N4CC(C)O[C@@H](C)C4)c4c3CCC4)C3(CC3)C2)c1C. The topological polar surface area (TPSA) is 70.9 Å². The van der Waals surface area contributed by atoms with E-state index in [1.165, 1.54) is 16.8 Å². The number of anilines is 1. The molecule has 2 atom stereocenters. The Hall–Kier alpha value is -2.87. The Morgan fingerprint density at radius 2 is 1.84 bits per heavy atom. The summed E-state index contributed by atoms with van der Waals surface area (Å²) in [6.45, 7) is 12.2. The third-order valence-electron chi connectivity index (χ3n) is 8.90. The highest BCUT2D eigenvalue weighted by Gasteiger charge is 2.53. The van der Waals surface area contributed by atoms with Gasteiger partial charge in [0.05, 0.1) is 17.7 Å². The number of amides is 2. The molecule has 1 unspecified atom stereocenters. The highest BCUT2D eigenvalue weighted by atomic mass is 16.5. The number of hydrogen-bond acceptors (Lipinski definition) is 5. The van der Waals surface area contributed by atoms with E-state index in [0.717, 1.165) is 63.0 Å². The minimum absolute atomic E-state index is 0.0152. The Balaban J connectivity index is 1.19. The van der Waals surface area contributed by atoms with Crippen molar-refractivity contribution in [3.63, 3.8) is 0 Å². The summed E-state index contributed by atoms with van der Waals surface area (Å²) >= 11 is 0. The average molecular weight is 506 g/mol. The van der Waals surface area contributed by atoms with E-state index in [9.17, 15) is 9.59 Å². The van der Waals surface area contributed by atoms with Crippen LogP contribution in [0.2, 0.25) is 0 Å².